The van der Waals surface area contributed by atoms with Crippen LogP contribution in [-0.4, -0.2) is 29.6 Å². The third kappa shape index (κ3) is 3.19. The number of nitrogens with one attached hydrogen (secondary N) is 1. The van der Waals surface area contributed by atoms with Gasteiger partial charge in [-0.15, -0.1) is 0 Å². The molecule has 3 aromatic carbocycles. The van der Waals surface area contributed by atoms with Gasteiger partial charge < -0.3 is 10.2 Å². The zero-order chi connectivity index (χ0) is 27.0. The van der Waals surface area contributed by atoms with Gasteiger partial charge in [-0.05, 0) is 48.4 Å². The monoisotopic (exact) mass is 508 g/mol. The summed E-state index contributed by atoms with van der Waals surface area (Å²) < 4.78 is 15.1. The van der Waals surface area contributed by atoms with Crippen molar-refractivity contribution in [1.29, 1.82) is 0 Å². The number of para-hydroxylation sites is 1. The van der Waals surface area contributed by atoms with Crippen LogP contribution in [-0.2, 0) is 15.0 Å². The van der Waals surface area contributed by atoms with Crippen molar-refractivity contribution in [2.75, 3.05) is 10.2 Å². The van der Waals surface area contributed by atoms with Crippen LogP contribution >= 0.6 is 0 Å². The van der Waals surface area contributed by atoms with Gasteiger partial charge in [0.25, 0.3) is 0 Å². The van der Waals surface area contributed by atoms with E-state index in [9.17, 15) is 14.4 Å². The number of anilines is 2. The molecule has 0 unspecified atom stereocenters. The topological polar surface area (TPSA) is 66.5 Å². The van der Waals surface area contributed by atoms with Crippen LogP contribution in [0.2, 0.25) is 0 Å². The molecule has 1 spiro atoms. The average molecular weight is 509 g/mol. The van der Waals surface area contributed by atoms with E-state index in [0.717, 1.165) is 16.8 Å². The molecular weight excluding hydrogens is 479 g/mol. The molecule has 0 radical (unpaired) electrons. The van der Waals surface area contributed by atoms with Crippen molar-refractivity contribution < 1.29 is 18.8 Å². The van der Waals surface area contributed by atoms with E-state index in [1.807, 2.05) is 81.1 Å². The Labute approximate surface area is 221 Å². The number of rotatable bonds is 3. The predicted octanol–water partition coefficient (Wildman–Crippen LogP) is 5.72. The number of halogens is 1. The first-order chi connectivity index (χ1) is 18.1. The van der Waals surface area contributed by atoms with Gasteiger partial charge in [-0.2, -0.15) is 0 Å². The van der Waals surface area contributed by atoms with Crippen molar-refractivity contribution in [3.05, 3.63) is 101 Å². The minimum Gasteiger partial charge on any atom is -0.352 e. The van der Waals surface area contributed by atoms with Crippen LogP contribution in [0.15, 0.2) is 72.8 Å². The normalized spacial score (nSPS) is 25.1. The SMILES string of the molecule is Cc1ccc2c(c1)C=C[C@@H]1N2[C@H](C(=O)C(C)(C)C)[C@H](C(=O)c2ccccc2F)[C@@]12C(=O)Nc1ccccc12. The van der Waals surface area contributed by atoms with Gasteiger partial charge >= 0.3 is 0 Å². The fourth-order valence-corrected chi connectivity index (χ4v) is 6.57. The lowest BCUT2D eigenvalue weighted by Gasteiger charge is -2.38. The molecule has 3 aliphatic heterocycles. The van der Waals surface area contributed by atoms with E-state index in [0.29, 0.717) is 11.3 Å². The van der Waals surface area contributed by atoms with Crippen LogP contribution in [0.5, 0.6) is 0 Å². The van der Waals surface area contributed by atoms with Gasteiger partial charge in [-0.25, -0.2) is 4.39 Å². The third-order valence-corrected chi connectivity index (χ3v) is 8.22. The highest BCUT2D eigenvalue weighted by Gasteiger charge is 2.70. The first-order valence-corrected chi connectivity index (χ1v) is 12.9. The summed E-state index contributed by atoms with van der Waals surface area (Å²) in [6.45, 7) is 7.45. The Bertz CT molecular complexity index is 1550. The Balaban J connectivity index is 1.70. The van der Waals surface area contributed by atoms with Crippen LogP contribution in [0.25, 0.3) is 6.08 Å². The number of fused-ring (bicyclic) bond motifs is 6. The summed E-state index contributed by atoms with van der Waals surface area (Å²) in [4.78, 5) is 45.0. The minimum absolute atomic E-state index is 0.117. The Kier molecular flexibility index (Phi) is 5.25. The standard InChI is InChI=1S/C32H29FN2O3/c1-18-13-15-24-19(17-18)14-16-25-32(21-10-6-8-12-23(21)34-30(32)38)26(27(35(24)25)29(37)31(2,3)4)28(36)20-9-5-7-11-22(20)33/h5-17,25-27H,1-4H3,(H,34,38)/t25-,26+,27-,32-/m0/s1. The molecule has 1 amide bonds. The number of aryl methyl sites for hydroxylation is 1. The van der Waals surface area contributed by atoms with E-state index >= 15 is 4.39 Å². The Morgan fingerprint density at radius 2 is 1.71 bits per heavy atom. The maximum Gasteiger partial charge on any atom is 0.238 e. The minimum atomic E-state index is -1.43. The molecule has 1 saturated heterocycles. The van der Waals surface area contributed by atoms with Gasteiger partial charge in [0, 0.05) is 16.8 Å². The molecular formula is C32H29FN2O3. The molecule has 0 aromatic heterocycles. The molecule has 3 aliphatic rings. The number of hydrogen-bond donors (Lipinski definition) is 1. The average Bonchev–Trinajstić information content (AvgIpc) is 3.35. The highest BCUT2D eigenvalue weighted by atomic mass is 19.1. The second-order valence-corrected chi connectivity index (χ2v) is 11.5. The second-order valence-electron chi connectivity index (χ2n) is 11.5. The van der Waals surface area contributed by atoms with Crippen LogP contribution in [0.1, 0.15) is 47.8 Å². The van der Waals surface area contributed by atoms with Crippen LogP contribution in [0, 0.1) is 24.1 Å². The molecule has 3 heterocycles. The molecule has 1 N–H and O–H groups in total. The summed E-state index contributed by atoms with van der Waals surface area (Å²) >= 11 is 0. The summed E-state index contributed by atoms with van der Waals surface area (Å²) in [5, 5.41) is 2.99. The fraction of sp³-hybridized carbons (Fsp3) is 0.281. The predicted molar refractivity (Wildman–Crippen MR) is 146 cm³/mol. The summed E-state index contributed by atoms with van der Waals surface area (Å²) in [6.07, 6.45) is 3.90. The largest absolute Gasteiger partial charge is 0.352 e. The van der Waals surface area contributed by atoms with E-state index in [1.54, 1.807) is 12.1 Å². The van der Waals surface area contributed by atoms with Gasteiger partial charge in [-0.3, -0.25) is 14.4 Å². The first-order valence-electron chi connectivity index (χ1n) is 12.9. The van der Waals surface area contributed by atoms with Crippen molar-refractivity contribution in [3.63, 3.8) is 0 Å². The zero-order valence-electron chi connectivity index (χ0n) is 21.8. The van der Waals surface area contributed by atoms with E-state index in [4.69, 9.17) is 0 Å². The number of benzene rings is 3. The van der Waals surface area contributed by atoms with Crippen molar-refractivity contribution in [2.45, 2.75) is 45.2 Å². The van der Waals surface area contributed by atoms with Crippen LogP contribution < -0.4 is 10.2 Å². The number of amides is 1. The van der Waals surface area contributed by atoms with E-state index in [1.165, 1.54) is 18.2 Å². The quantitative estimate of drug-likeness (QED) is 0.460. The first kappa shape index (κ1) is 24.3. The van der Waals surface area contributed by atoms with Crippen LogP contribution in [0.4, 0.5) is 15.8 Å². The number of nitrogens with zero attached hydrogens (tertiary/aromatic N) is 1. The van der Waals surface area contributed by atoms with Crippen molar-refractivity contribution in [2.24, 2.45) is 11.3 Å². The molecule has 6 heteroatoms. The molecule has 3 aromatic rings. The molecule has 6 rings (SSSR count). The zero-order valence-corrected chi connectivity index (χ0v) is 21.8. The van der Waals surface area contributed by atoms with Crippen LogP contribution in [0.3, 0.4) is 0 Å². The Hall–Kier alpha value is -4.06. The second kappa shape index (κ2) is 8.22. The van der Waals surface area contributed by atoms with E-state index < -0.39 is 40.4 Å². The lowest BCUT2D eigenvalue weighted by molar-refractivity contribution is -0.128. The maximum absolute atomic E-state index is 15.1. The van der Waals surface area contributed by atoms with Gasteiger partial charge in [0.1, 0.15) is 17.3 Å². The molecule has 1 fully saturated rings. The van der Waals surface area contributed by atoms with Gasteiger partial charge in [-0.1, -0.05) is 74.9 Å². The highest BCUT2D eigenvalue weighted by Crippen LogP contribution is 2.58. The van der Waals surface area contributed by atoms with Crippen molar-refractivity contribution in [3.8, 4) is 0 Å². The van der Waals surface area contributed by atoms with Gasteiger partial charge in [0.2, 0.25) is 5.91 Å². The van der Waals surface area contributed by atoms with Crippen molar-refractivity contribution >= 4 is 34.9 Å². The molecule has 38 heavy (non-hydrogen) atoms. The highest BCUT2D eigenvalue weighted by molar-refractivity contribution is 6.17. The number of hydrogen-bond acceptors (Lipinski definition) is 4. The molecule has 4 atom stereocenters. The Morgan fingerprint density at radius 1 is 1.00 bits per heavy atom. The smallest absolute Gasteiger partial charge is 0.238 e. The number of carbonyl (C=O) groups is 3. The maximum atomic E-state index is 15.1. The van der Waals surface area contributed by atoms with E-state index in [2.05, 4.69) is 5.32 Å². The molecule has 0 bridgehead atoms. The summed E-state index contributed by atoms with van der Waals surface area (Å²) in [5.41, 5.74) is 1.64. The number of Topliss-reactive ketones (excluding diaryl/α,β-unsaturated/α-hetero) is 2. The summed E-state index contributed by atoms with van der Waals surface area (Å²) in [5.74, 6) is -2.90. The summed E-state index contributed by atoms with van der Waals surface area (Å²) in [6, 6.07) is 17.4. The third-order valence-electron chi connectivity index (χ3n) is 8.22. The fourth-order valence-electron chi connectivity index (χ4n) is 6.57. The molecule has 192 valence electrons. The molecule has 0 saturated carbocycles. The number of ketones is 2. The summed E-state index contributed by atoms with van der Waals surface area (Å²) in [7, 11) is 0. The van der Waals surface area contributed by atoms with Crippen molar-refractivity contribution in [1.82, 2.24) is 0 Å². The van der Waals surface area contributed by atoms with Gasteiger partial charge in [0.15, 0.2) is 11.6 Å². The molecule has 0 aliphatic carbocycles. The number of carbonyl (C=O) groups excluding carboxylic acids is 3. The lowest BCUT2D eigenvalue weighted by atomic mass is 9.63. The van der Waals surface area contributed by atoms with Gasteiger partial charge in [0.05, 0.1) is 17.5 Å². The lowest BCUT2D eigenvalue weighted by Crippen LogP contribution is -2.51. The molecule has 5 nitrogen and oxygen atoms in total. The van der Waals surface area contributed by atoms with E-state index in [-0.39, 0.29) is 17.3 Å². The Morgan fingerprint density at radius 3 is 2.45 bits per heavy atom.